The maximum atomic E-state index is 13.8. The number of rotatable bonds is 4. The summed E-state index contributed by atoms with van der Waals surface area (Å²) in [4.78, 5) is 30.0. The van der Waals surface area contributed by atoms with Crippen LogP contribution in [0.2, 0.25) is 5.02 Å². The molecule has 5 rings (SSSR count). The third-order valence-electron chi connectivity index (χ3n) is 6.44. The molecule has 0 bridgehead atoms. The van der Waals surface area contributed by atoms with Crippen LogP contribution in [-0.2, 0) is 11.3 Å². The van der Waals surface area contributed by atoms with E-state index < -0.39 is 5.54 Å². The minimum atomic E-state index is -1.12. The highest BCUT2D eigenvalue weighted by Crippen LogP contribution is 2.35. The number of hydrogen-bond donors (Lipinski definition) is 1. The van der Waals surface area contributed by atoms with Crippen LogP contribution in [0.4, 0.5) is 5.69 Å². The molecule has 2 aromatic heterocycles. The summed E-state index contributed by atoms with van der Waals surface area (Å²) in [7, 11) is 0. The lowest BCUT2D eigenvalue weighted by Gasteiger charge is -2.44. The second-order valence-electron chi connectivity index (χ2n) is 8.75. The van der Waals surface area contributed by atoms with Crippen molar-refractivity contribution in [3.63, 3.8) is 0 Å². The fraction of sp³-hybridized carbons (Fsp3) is 0.375. The molecule has 6 nitrogen and oxygen atoms in total. The molecule has 1 aliphatic heterocycles. The third-order valence-corrected chi connectivity index (χ3v) is 7.59. The predicted octanol–water partition coefficient (Wildman–Crippen LogP) is 5.13. The summed E-state index contributed by atoms with van der Waals surface area (Å²) < 4.78 is 1.68. The number of carbonyl (C=O) groups excluding carboxylic acids is 2. The molecule has 2 aliphatic rings. The normalized spacial score (nSPS) is 21.4. The zero-order valence-corrected chi connectivity index (χ0v) is 19.5. The molecule has 1 fully saturated rings. The van der Waals surface area contributed by atoms with E-state index in [-0.39, 0.29) is 24.4 Å². The van der Waals surface area contributed by atoms with Crippen molar-refractivity contribution in [3.05, 3.63) is 58.6 Å². The molecule has 32 heavy (non-hydrogen) atoms. The average Bonchev–Trinajstić information content (AvgIpc) is 3.46. The highest BCUT2D eigenvalue weighted by molar-refractivity contribution is 7.13. The Morgan fingerprint density at radius 2 is 1.94 bits per heavy atom. The molecule has 1 aromatic carbocycles. The maximum absolute atomic E-state index is 13.8. The topological polar surface area (TPSA) is 67.2 Å². The van der Waals surface area contributed by atoms with Gasteiger partial charge in [-0.05, 0) is 61.5 Å². The summed E-state index contributed by atoms with van der Waals surface area (Å²) in [5.74, 6) is -0.387. The summed E-state index contributed by atoms with van der Waals surface area (Å²) in [6, 6.07) is 13.0. The quantitative estimate of drug-likeness (QED) is 0.577. The molecular formula is C24H25ClN4O2S. The van der Waals surface area contributed by atoms with Gasteiger partial charge in [0.15, 0.2) is 0 Å². The number of aromatic nitrogens is 2. The first-order valence-corrected chi connectivity index (χ1v) is 12.2. The SMILES string of the molecule is CC1(C(=O)NC2CCCCC2)Cn2nc(-c3cccs3)cc2C(=O)N1c1ccc(Cl)cc1. The number of halogens is 1. The smallest absolute Gasteiger partial charge is 0.277 e. The standard InChI is InChI=1S/C24H25ClN4O2S/c1-24(23(31)26-17-6-3-2-4-7-17)15-28-20(14-19(27-28)21-8-5-13-32-21)22(30)29(24)18-11-9-16(25)10-12-18/h5,8-14,17H,2-4,6-7,15H2,1H3,(H,26,31). The molecule has 8 heteroatoms. The number of anilines is 1. The Hall–Kier alpha value is -2.64. The number of nitrogens with zero attached hydrogens (tertiary/aromatic N) is 3. The lowest BCUT2D eigenvalue weighted by Crippen LogP contribution is -2.65. The Kier molecular flexibility index (Phi) is 5.55. The van der Waals surface area contributed by atoms with Crippen LogP contribution < -0.4 is 10.2 Å². The second-order valence-corrected chi connectivity index (χ2v) is 10.1. The Morgan fingerprint density at radius 3 is 2.62 bits per heavy atom. The van der Waals surface area contributed by atoms with E-state index in [1.54, 1.807) is 45.2 Å². The van der Waals surface area contributed by atoms with Crippen LogP contribution in [-0.4, -0.2) is 33.2 Å². The number of hydrogen-bond acceptors (Lipinski definition) is 4. The van der Waals surface area contributed by atoms with Crippen LogP contribution in [0.15, 0.2) is 47.8 Å². The fourth-order valence-electron chi connectivity index (χ4n) is 4.71. The van der Waals surface area contributed by atoms with Crippen molar-refractivity contribution in [1.82, 2.24) is 15.1 Å². The van der Waals surface area contributed by atoms with Crippen LogP contribution in [0.3, 0.4) is 0 Å². The van der Waals surface area contributed by atoms with Crippen molar-refractivity contribution < 1.29 is 9.59 Å². The van der Waals surface area contributed by atoms with Crippen molar-refractivity contribution in [2.24, 2.45) is 0 Å². The van der Waals surface area contributed by atoms with Crippen LogP contribution >= 0.6 is 22.9 Å². The van der Waals surface area contributed by atoms with Gasteiger partial charge in [0.2, 0.25) is 5.91 Å². The Bertz CT molecular complexity index is 1140. The van der Waals surface area contributed by atoms with Gasteiger partial charge in [-0.15, -0.1) is 11.3 Å². The molecule has 0 spiro atoms. The van der Waals surface area contributed by atoms with Gasteiger partial charge in [0.05, 0.1) is 11.4 Å². The molecule has 166 valence electrons. The number of benzene rings is 1. The van der Waals surface area contributed by atoms with Crippen LogP contribution in [0.25, 0.3) is 10.6 Å². The number of nitrogens with one attached hydrogen (secondary N) is 1. The highest BCUT2D eigenvalue weighted by Gasteiger charge is 2.49. The first kappa shape index (κ1) is 21.2. The third kappa shape index (κ3) is 3.73. The van der Waals surface area contributed by atoms with E-state index in [4.69, 9.17) is 11.6 Å². The van der Waals surface area contributed by atoms with Crippen molar-refractivity contribution in [3.8, 4) is 10.6 Å². The van der Waals surface area contributed by atoms with Gasteiger partial charge in [0, 0.05) is 16.8 Å². The summed E-state index contributed by atoms with van der Waals surface area (Å²) in [5, 5.41) is 10.5. The highest BCUT2D eigenvalue weighted by atomic mass is 35.5. The molecule has 1 unspecified atom stereocenters. The van der Waals surface area contributed by atoms with Crippen molar-refractivity contribution in [1.29, 1.82) is 0 Å². The van der Waals surface area contributed by atoms with E-state index in [2.05, 4.69) is 10.4 Å². The zero-order chi connectivity index (χ0) is 22.3. The van der Waals surface area contributed by atoms with E-state index in [0.29, 0.717) is 16.4 Å². The Morgan fingerprint density at radius 1 is 1.19 bits per heavy atom. The molecule has 2 amide bonds. The minimum Gasteiger partial charge on any atom is -0.351 e. The molecule has 1 saturated carbocycles. The van der Waals surface area contributed by atoms with Gasteiger partial charge in [0.25, 0.3) is 5.91 Å². The van der Waals surface area contributed by atoms with Crippen LogP contribution in [0.5, 0.6) is 0 Å². The maximum Gasteiger partial charge on any atom is 0.277 e. The van der Waals surface area contributed by atoms with Gasteiger partial charge in [0.1, 0.15) is 16.9 Å². The number of thiophene rings is 1. The van der Waals surface area contributed by atoms with Crippen LogP contribution in [0.1, 0.15) is 49.5 Å². The molecular weight excluding hydrogens is 444 g/mol. The second kappa shape index (κ2) is 8.37. The first-order valence-electron chi connectivity index (χ1n) is 11.0. The lowest BCUT2D eigenvalue weighted by molar-refractivity contribution is -0.127. The van der Waals surface area contributed by atoms with Gasteiger partial charge >= 0.3 is 0 Å². The predicted molar refractivity (Wildman–Crippen MR) is 127 cm³/mol. The molecule has 1 N–H and O–H groups in total. The lowest BCUT2D eigenvalue weighted by atomic mass is 9.91. The van der Waals surface area contributed by atoms with E-state index in [1.807, 2.05) is 30.5 Å². The van der Waals surface area contributed by atoms with Gasteiger partial charge < -0.3 is 5.32 Å². The van der Waals surface area contributed by atoms with Crippen molar-refractivity contribution in [2.75, 3.05) is 4.90 Å². The van der Waals surface area contributed by atoms with Crippen molar-refractivity contribution in [2.45, 2.75) is 57.2 Å². The number of amides is 2. The first-order chi connectivity index (χ1) is 15.5. The van der Waals surface area contributed by atoms with Crippen molar-refractivity contribution >= 4 is 40.4 Å². The van der Waals surface area contributed by atoms with E-state index in [9.17, 15) is 9.59 Å². The number of fused-ring (bicyclic) bond motifs is 1. The summed E-state index contributed by atoms with van der Waals surface area (Å²) in [6.45, 7) is 2.10. The van der Waals surface area contributed by atoms with E-state index >= 15 is 0 Å². The molecule has 3 aromatic rings. The van der Waals surface area contributed by atoms with E-state index in [1.165, 1.54) is 6.42 Å². The molecule has 1 aliphatic carbocycles. The van der Waals surface area contributed by atoms with Gasteiger partial charge in [-0.1, -0.05) is 36.9 Å². The molecule has 0 radical (unpaired) electrons. The summed E-state index contributed by atoms with van der Waals surface area (Å²) in [6.07, 6.45) is 5.41. The summed E-state index contributed by atoms with van der Waals surface area (Å²) in [5.41, 5.74) is 0.752. The van der Waals surface area contributed by atoms with Gasteiger partial charge in [-0.2, -0.15) is 5.10 Å². The summed E-state index contributed by atoms with van der Waals surface area (Å²) >= 11 is 7.67. The fourth-order valence-corrected chi connectivity index (χ4v) is 5.52. The Labute approximate surface area is 196 Å². The van der Waals surface area contributed by atoms with Gasteiger partial charge in [-0.25, -0.2) is 0 Å². The molecule has 1 atom stereocenters. The zero-order valence-electron chi connectivity index (χ0n) is 17.9. The Balaban J connectivity index is 1.55. The molecule has 0 saturated heterocycles. The van der Waals surface area contributed by atoms with E-state index in [0.717, 1.165) is 36.3 Å². The largest absolute Gasteiger partial charge is 0.351 e. The van der Waals surface area contributed by atoms with Crippen LogP contribution in [0, 0.1) is 0 Å². The van der Waals surface area contributed by atoms with Gasteiger partial charge in [-0.3, -0.25) is 19.2 Å². The average molecular weight is 469 g/mol. The monoisotopic (exact) mass is 468 g/mol. The molecule has 3 heterocycles. The number of carbonyl (C=O) groups is 2. The minimum absolute atomic E-state index is 0.147.